The fourth-order valence-corrected chi connectivity index (χ4v) is 5.02. The number of aliphatic imine (C=N–C) groups is 1. The first-order valence-corrected chi connectivity index (χ1v) is 11.2. The Morgan fingerprint density at radius 2 is 1.81 bits per heavy atom. The van der Waals surface area contributed by atoms with Crippen molar-refractivity contribution in [3.05, 3.63) is 58.8 Å². The van der Waals surface area contributed by atoms with Crippen molar-refractivity contribution in [2.24, 2.45) is 4.99 Å². The summed E-state index contributed by atoms with van der Waals surface area (Å²) in [6.45, 7) is 0. The van der Waals surface area contributed by atoms with Crippen LogP contribution in [0.3, 0.4) is 0 Å². The standard InChI is InChI=1S/C24H25FN2O3S/c1-29-20-13-12-16(14-21(20)30-2)15-22-23(28)27(17-8-4-3-5-9-17)24(31-22)26-19-11-7-6-10-18(19)25/h6-7,10-15,17H,3-5,8-9H2,1-2H3/b22-15-,26-24?. The molecule has 0 atom stereocenters. The van der Waals surface area contributed by atoms with Gasteiger partial charge in [0.15, 0.2) is 16.7 Å². The van der Waals surface area contributed by atoms with Crippen LogP contribution < -0.4 is 9.47 Å². The number of halogens is 1. The Morgan fingerprint density at radius 3 is 2.52 bits per heavy atom. The first kappa shape index (κ1) is 21.4. The molecule has 2 aromatic rings. The van der Waals surface area contributed by atoms with Gasteiger partial charge in [-0.2, -0.15) is 0 Å². The first-order valence-electron chi connectivity index (χ1n) is 10.4. The highest BCUT2D eigenvalue weighted by Crippen LogP contribution is 2.39. The van der Waals surface area contributed by atoms with Crippen molar-refractivity contribution in [1.29, 1.82) is 0 Å². The minimum Gasteiger partial charge on any atom is -0.493 e. The molecular formula is C24H25FN2O3S. The van der Waals surface area contributed by atoms with Crippen molar-refractivity contribution in [3.63, 3.8) is 0 Å². The molecule has 0 bridgehead atoms. The fraction of sp³-hybridized carbons (Fsp3) is 0.333. The second kappa shape index (κ2) is 9.56. The highest BCUT2D eigenvalue weighted by Gasteiger charge is 2.38. The van der Waals surface area contributed by atoms with Gasteiger partial charge in [-0.05, 0) is 60.5 Å². The molecule has 1 aliphatic carbocycles. The number of benzene rings is 2. The molecule has 31 heavy (non-hydrogen) atoms. The zero-order valence-corrected chi connectivity index (χ0v) is 18.5. The highest BCUT2D eigenvalue weighted by atomic mass is 32.2. The van der Waals surface area contributed by atoms with Crippen LogP contribution in [-0.2, 0) is 4.79 Å². The quantitative estimate of drug-likeness (QED) is 0.553. The third kappa shape index (κ3) is 4.61. The highest BCUT2D eigenvalue weighted by molar-refractivity contribution is 8.18. The smallest absolute Gasteiger partial charge is 0.267 e. The average Bonchev–Trinajstić information content (AvgIpc) is 3.10. The summed E-state index contributed by atoms with van der Waals surface area (Å²) in [7, 11) is 3.16. The first-order chi connectivity index (χ1) is 15.1. The van der Waals surface area contributed by atoms with E-state index in [4.69, 9.17) is 9.47 Å². The molecule has 2 aliphatic rings. The molecule has 2 fully saturated rings. The van der Waals surface area contributed by atoms with Crippen molar-refractivity contribution in [3.8, 4) is 11.5 Å². The molecule has 0 aromatic heterocycles. The predicted molar refractivity (Wildman–Crippen MR) is 122 cm³/mol. The van der Waals surface area contributed by atoms with Gasteiger partial charge in [-0.3, -0.25) is 9.69 Å². The Bertz CT molecular complexity index is 1030. The van der Waals surface area contributed by atoms with Gasteiger partial charge in [0.25, 0.3) is 5.91 Å². The Labute approximate surface area is 185 Å². The van der Waals surface area contributed by atoms with Crippen molar-refractivity contribution in [2.45, 2.75) is 38.1 Å². The number of para-hydroxylation sites is 1. The maximum absolute atomic E-state index is 14.2. The van der Waals surface area contributed by atoms with Gasteiger partial charge in [-0.15, -0.1) is 0 Å². The summed E-state index contributed by atoms with van der Waals surface area (Å²) in [5, 5.41) is 0.536. The number of carbonyl (C=O) groups excluding carboxylic acids is 1. The molecule has 1 heterocycles. The molecule has 162 valence electrons. The second-order valence-corrected chi connectivity index (χ2v) is 8.55. The van der Waals surface area contributed by atoms with E-state index < -0.39 is 5.82 Å². The van der Waals surface area contributed by atoms with E-state index in [9.17, 15) is 9.18 Å². The topological polar surface area (TPSA) is 51.1 Å². The van der Waals surface area contributed by atoms with Crippen LogP contribution in [0, 0.1) is 5.82 Å². The van der Waals surface area contributed by atoms with Crippen LogP contribution in [0.4, 0.5) is 10.1 Å². The summed E-state index contributed by atoms with van der Waals surface area (Å²) >= 11 is 1.29. The zero-order chi connectivity index (χ0) is 21.8. The molecule has 2 aromatic carbocycles. The maximum Gasteiger partial charge on any atom is 0.267 e. The number of hydrogen-bond donors (Lipinski definition) is 0. The molecule has 1 saturated carbocycles. The minimum absolute atomic E-state index is 0.0817. The van der Waals surface area contributed by atoms with Gasteiger partial charge < -0.3 is 9.47 Å². The van der Waals surface area contributed by atoms with Crippen LogP contribution in [0.1, 0.15) is 37.7 Å². The molecule has 1 saturated heterocycles. The lowest BCUT2D eigenvalue weighted by atomic mass is 9.94. The van der Waals surface area contributed by atoms with Gasteiger partial charge in [0.2, 0.25) is 0 Å². The van der Waals surface area contributed by atoms with E-state index in [0.29, 0.717) is 21.6 Å². The third-order valence-electron chi connectivity index (χ3n) is 5.55. The third-order valence-corrected chi connectivity index (χ3v) is 6.53. The Hall–Kier alpha value is -2.80. The summed E-state index contributed by atoms with van der Waals surface area (Å²) in [6.07, 6.45) is 7.05. The van der Waals surface area contributed by atoms with Crippen LogP contribution in [0.2, 0.25) is 0 Å². The second-order valence-electron chi connectivity index (χ2n) is 7.54. The van der Waals surface area contributed by atoms with Crippen LogP contribution in [-0.4, -0.2) is 36.2 Å². The number of hydrogen-bond acceptors (Lipinski definition) is 5. The van der Waals surface area contributed by atoms with Crippen LogP contribution in [0.5, 0.6) is 11.5 Å². The van der Waals surface area contributed by atoms with Crippen LogP contribution in [0.25, 0.3) is 6.08 Å². The largest absolute Gasteiger partial charge is 0.493 e. The normalized spacial score (nSPS) is 20.0. The monoisotopic (exact) mass is 440 g/mol. The van der Waals surface area contributed by atoms with E-state index in [1.807, 2.05) is 24.3 Å². The van der Waals surface area contributed by atoms with Gasteiger partial charge in [0, 0.05) is 6.04 Å². The number of amidine groups is 1. The van der Waals surface area contributed by atoms with Crippen LogP contribution in [0.15, 0.2) is 52.4 Å². The lowest BCUT2D eigenvalue weighted by Gasteiger charge is -2.30. The van der Waals surface area contributed by atoms with Gasteiger partial charge in [0.05, 0.1) is 19.1 Å². The Kier molecular flexibility index (Phi) is 6.61. The zero-order valence-electron chi connectivity index (χ0n) is 17.6. The molecule has 1 amide bonds. The van der Waals surface area contributed by atoms with E-state index in [-0.39, 0.29) is 17.6 Å². The predicted octanol–water partition coefficient (Wildman–Crippen LogP) is 5.78. The van der Waals surface area contributed by atoms with Gasteiger partial charge in [-0.25, -0.2) is 9.38 Å². The minimum atomic E-state index is -0.399. The number of ether oxygens (including phenoxy) is 2. The van der Waals surface area contributed by atoms with Crippen LogP contribution >= 0.6 is 11.8 Å². The molecule has 0 N–H and O–H groups in total. The number of thioether (sulfide) groups is 1. The molecule has 0 radical (unpaired) electrons. The SMILES string of the molecule is COc1ccc(/C=C2\SC(=Nc3ccccc3F)N(C3CCCCC3)C2=O)cc1OC. The number of nitrogens with zero attached hydrogens (tertiary/aromatic N) is 2. The number of amides is 1. The number of methoxy groups -OCH3 is 2. The molecular weight excluding hydrogens is 415 g/mol. The number of carbonyl (C=O) groups is 1. The molecule has 4 rings (SSSR count). The lowest BCUT2D eigenvalue weighted by Crippen LogP contribution is -2.40. The van der Waals surface area contributed by atoms with E-state index in [2.05, 4.69) is 4.99 Å². The summed E-state index contributed by atoms with van der Waals surface area (Å²) in [4.78, 5) is 20.2. The summed E-state index contributed by atoms with van der Waals surface area (Å²) in [6, 6.07) is 12.0. The van der Waals surface area contributed by atoms with Crippen molar-refractivity contribution < 1.29 is 18.7 Å². The molecule has 0 unspecified atom stereocenters. The molecule has 1 aliphatic heterocycles. The van der Waals surface area contributed by atoms with Crippen molar-refractivity contribution >= 4 is 34.6 Å². The summed E-state index contributed by atoms with van der Waals surface area (Å²) in [5.74, 6) is 0.739. The maximum atomic E-state index is 14.2. The van der Waals surface area contributed by atoms with Gasteiger partial charge in [-0.1, -0.05) is 37.5 Å². The Balaban J connectivity index is 1.71. The molecule has 7 heteroatoms. The van der Waals surface area contributed by atoms with Crippen molar-refractivity contribution in [2.75, 3.05) is 14.2 Å². The Morgan fingerprint density at radius 1 is 1.06 bits per heavy atom. The number of rotatable bonds is 5. The average molecular weight is 441 g/mol. The van der Waals surface area contributed by atoms with Gasteiger partial charge >= 0.3 is 0 Å². The van der Waals surface area contributed by atoms with Gasteiger partial charge in [0.1, 0.15) is 11.5 Å². The molecule has 5 nitrogen and oxygen atoms in total. The molecule has 0 spiro atoms. The van der Waals surface area contributed by atoms with Crippen molar-refractivity contribution in [1.82, 2.24) is 4.90 Å². The lowest BCUT2D eigenvalue weighted by molar-refractivity contribution is -0.124. The van der Waals surface area contributed by atoms with E-state index in [1.165, 1.54) is 24.2 Å². The summed E-state index contributed by atoms with van der Waals surface area (Å²) in [5.41, 5.74) is 1.07. The van der Waals surface area contributed by atoms with E-state index in [1.54, 1.807) is 37.3 Å². The van der Waals surface area contributed by atoms with E-state index in [0.717, 1.165) is 31.2 Å². The summed E-state index contributed by atoms with van der Waals surface area (Å²) < 4.78 is 24.9. The fourth-order valence-electron chi connectivity index (χ4n) is 3.97. The van der Waals surface area contributed by atoms with E-state index >= 15 is 0 Å².